The number of rotatable bonds is 10. The first-order valence-electron chi connectivity index (χ1n) is 12.5. The highest BCUT2D eigenvalue weighted by Crippen LogP contribution is 2.33. The van der Waals surface area contributed by atoms with Crippen LogP contribution < -0.4 is 10.6 Å². The molecule has 1 aliphatic heterocycles. The van der Waals surface area contributed by atoms with E-state index in [2.05, 4.69) is 25.6 Å². The fourth-order valence-corrected chi connectivity index (χ4v) is 4.45. The molecule has 1 fully saturated rings. The van der Waals surface area contributed by atoms with E-state index >= 15 is 0 Å². The van der Waals surface area contributed by atoms with Crippen LogP contribution >= 0.6 is 0 Å². The highest BCUT2D eigenvalue weighted by Gasteiger charge is 2.38. The number of ether oxygens (including phenoxy) is 1. The van der Waals surface area contributed by atoms with Crippen LogP contribution in [-0.4, -0.2) is 71.6 Å². The van der Waals surface area contributed by atoms with E-state index in [1.807, 2.05) is 0 Å². The molecule has 1 unspecified atom stereocenters. The zero-order valence-electron chi connectivity index (χ0n) is 21.3. The first kappa shape index (κ1) is 28.6. The lowest BCUT2D eigenvalue weighted by Crippen LogP contribution is -2.45. The third-order valence-corrected chi connectivity index (χ3v) is 6.54. The van der Waals surface area contributed by atoms with Gasteiger partial charge in [-0.2, -0.15) is 13.2 Å². The third-order valence-electron chi connectivity index (χ3n) is 6.54. The molecule has 39 heavy (non-hydrogen) atoms. The van der Waals surface area contributed by atoms with Crippen molar-refractivity contribution in [1.29, 1.82) is 0 Å². The molecule has 1 amide bonds. The van der Waals surface area contributed by atoms with Crippen LogP contribution in [0.2, 0.25) is 0 Å². The summed E-state index contributed by atoms with van der Waals surface area (Å²) in [5, 5.41) is 6.63. The Balaban J connectivity index is 1.51. The molecule has 1 aromatic carbocycles. The minimum Gasteiger partial charge on any atom is -0.385 e. The van der Waals surface area contributed by atoms with Crippen molar-refractivity contribution in [3.8, 4) is 0 Å². The third kappa shape index (κ3) is 7.35. The number of nitrogens with zero attached hydrogens (tertiary/aromatic N) is 4. The maximum atomic E-state index is 13.8. The number of alkyl halides is 5. The fraction of sp³-hybridized carbons (Fsp3) is 0.462. The topological polar surface area (TPSA) is 92.3 Å². The summed E-state index contributed by atoms with van der Waals surface area (Å²) in [7, 11) is 1.63. The van der Waals surface area contributed by atoms with E-state index in [-0.39, 0.29) is 25.2 Å². The minimum absolute atomic E-state index is 0.00685. The summed E-state index contributed by atoms with van der Waals surface area (Å²) < 4.78 is 71.5. The summed E-state index contributed by atoms with van der Waals surface area (Å²) in [6.45, 7) is 1.26. The van der Waals surface area contributed by atoms with Crippen molar-refractivity contribution in [2.45, 2.75) is 37.4 Å². The van der Waals surface area contributed by atoms with Gasteiger partial charge in [0.1, 0.15) is 5.82 Å². The molecule has 0 aliphatic carbocycles. The Morgan fingerprint density at radius 3 is 2.51 bits per heavy atom. The van der Waals surface area contributed by atoms with Gasteiger partial charge in [0, 0.05) is 81.6 Å². The first-order chi connectivity index (χ1) is 18.6. The fourth-order valence-electron chi connectivity index (χ4n) is 4.45. The summed E-state index contributed by atoms with van der Waals surface area (Å²) in [4.78, 5) is 26.3. The van der Waals surface area contributed by atoms with E-state index in [0.29, 0.717) is 35.4 Å². The van der Waals surface area contributed by atoms with Crippen LogP contribution in [0, 0.1) is 0 Å². The summed E-state index contributed by atoms with van der Waals surface area (Å²) in [6.07, 6.45) is -2.63. The van der Waals surface area contributed by atoms with Crippen molar-refractivity contribution in [1.82, 2.24) is 25.2 Å². The molecule has 0 radical (unpaired) electrons. The van der Waals surface area contributed by atoms with E-state index in [1.165, 1.54) is 0 Å². The van der Waals surface area contributed by atoms with Crippen molar-refractivity contribution in [2.24, 2.45) is 0 Å². The summed E-state index contributed by atoms with van der Waals surface area (Å²) in [5.74, 6) is -3.88. The SMILES string of the molecule is COCCCNc1ccc2c(C(=O)NCC(c3cnc(C(F)(F)F)nc3)N3CCC(F)(F)CC3)cccc2n1. The monoisotopic (exact) mass is 552 g/mol. The Labute approximate surface area is 222 Å². The average Bonchev–Trinajstić information content (AvgIpc) is 2.91. The molecular formula is C26H29F5N6O2. The van der Waals surface area contributed by atoms with Gasteiger partial charge >= 0.3 is 6.18 Å². The number of benzene rings is 1. The molecule has 0 bridgehead atoms. The van der Waals surface area contributed by atoms with Crippen molar-refractivity contribution in [3.63, 3.8) is 0 Å². The van der Waals surface area contributed by atoms with Crippen molar-refractivity contribution < 1.29 is 31.5 Å². The first-order valence-corrected chi connectivity index (χ1v) is 12.5. The van der Waals surface area contributed by atoms with Crippen molar-refractivity contribution in [2.75, 3.05) is 45.2 Å². The van der Waals surface area contributed by atoms with Crippen molar-refractivity contribution >= 4 is 22.6 Å². The quantitative estimate of drug-likeness (QED) is 0.278. The second kappa shape index (κ2) is 12.2. The van der Waals surface area contributed by atoms with E-state index in [4.69, 9.17) is 4.74 Å². The molecule has 0 spiro atoms. The normalized spacial score (nSPS) is 16.7. The van der Waals surface area contributed by atoms with Gasteiger partial charge in [-0.25, -0.2) is 23.7 Å². The Morgan fingerprint density at radius 2 is 1.85 bits per heavy atom. The lowest BCUT2D eigenvalue weighted by molar-refractivity contribution is -0.145. The van der Waals surface area contributed by atoms with Crippen LogP contribution in [-0.2, 0) is 10.9 Å². The van der Waals surface area contributed by atoms with E-state index in [0.717, 1.165) is 18.8 Å². The van der Waals surface area contributed by atoms with Gasteiger partial charge in [-0.3, -0.25) is 9.69 Å². The van der Waals surface area contributed by atoms with Gasteiger partial charge in [0.2, 0.25) is 5.82 Å². The molecule has 3 heterocycles. The number of likely N-dealkylation sites (tertiary alicyclic amines) is 1. The van der Waals surface area contributed by atoms with Crippen LogP contribution in [0.3, 0.4) is 0 Å². The molecule has 4 rings (SSSR count). The minimum atomic E-state index is -4.71. The predicted octanol–water partition coefficient (Wildman–Crippen LogP) is 4.69. The maximum Gasteiger partial charge on any atom is 0.451 e. The van der Waals surface area contributed by atoms with Crippen molar-refractivity contribution in [3.05, 3.63) is 59.7 Å². The smallest absolute Gasteiger partial charge is 0.385 e. The van der Waals surface area contributed by atoms with Gasteiger partial charge in [-0.15, -0.1) is 0 Å². The van der Waals surface area contributed by atoms with E-state index in [9.17, 15) is 26.7 Å². The molecule has 2 N–H and O–H groups in total. The van der Waals surface area contributed by atoms with Gasteiger partial charge in [0.15, 0.2) is 0 Å². The van der Waals surface area contributed by atoms with Crippen LogP contribution in [0.15, 0.2) is 42.7 Å². The highest BCUT2D eigenvalue weighted by atomic mass is 19.4. The number of carbonyl (C=O) groups is 1. The van der Waals surface area contributed by atoms with E-state index in [1.54, 1.807) is 42.3 Å². The Bertz CT molecular complexity index is 1260. The molecule has 2 aromatic heterocycles. The summed E-state index contributed by atoms with van der Waals surface area (Å²) >= 11 is 0. The Kier molecular flexibility index (Phi) is 8.90. The van der Waals surface area contributed by atoms with Gasteiger partial charge in [0.05, 0.1) is 11.6 Å². The number of aromatic nitrogens is 3. The molecular weight excluding hydrogens is 523 g/mol. The number of nitrogens with one attached hydrogen (secondary N) is 2. The molecule has 3 aromatic rings. The number of piperidine rings is 1. The van der Waals surface area contributed by atoms with Crippen LogP contribution in [0.1, 0.15) is 47.1 Å². The molecule has 8 nitrogen and oxygen atoms in total. The second-order valence-corrected chi connectivity index (χ2v) is 9.30. The van der Waals surface area contributed by atoms with Gasteiger partial charge < -0.3 is 15.4 Å². The Hall–Kier alpha value is -3.45. The van der Waals surface area contributed by atoms with Crippen LogP contribution in [0.4, 0.5) is 27.8 Å². The molecule has 0 saturated carbocycles. The molecule has 210 valence electrons. The molecule has 1 aliphatic rings. The zero-order chi connectivity index (χ0) is 28.0. The predicted molar refractivity (Wildman–Crippen MR) is 135 cm³/mol. The molecule has 13 heteroatoms. The standard InChI is InChI=1S/C26H29F5N6O2/c1-39-13-3-10-32-22-7-6-18-19(4-2-5-20(18)36-22)23(38)33-16-21(37-11-8-25(27,28)9-12-37)17-14-34-24(35-15-17)26(29,30)31/h2,4-7,14-15,21H,3,8-13,16H2,1H3,(H,32,36)(H,33,38). The Morgan fingerprint density at radius 1 is 1.13 bits per heavy atom. The van der Waals surface area contributed by atoms with Crippen LogP contribution in [0.5, 0.6) is 0 Å². The second-order valence-electron chi connectivity index (χ2n) is 9.30. The number of hydrogen-bond donors (Lipinski definition) is 2. The van der Waals surface area contributed by atoms with E-state index < -0.39 is 42.7 Å². The number of pyridine rings is 1. The molecule has 1 atom stereocenters. The lowest BCUT2D eigenvalue weighted by atomic mass is 10.0. The number of halogens is 5. The van der Waals surface area contributed by atoms with Gasteiger partial charge in [-0.05, 0) is 30.7 Å². The number of fused-ring (bicyclic) bond motifs is 1. The van der Waals surface area contributed by atoms with Gasteiger partial charge in [0.25, 0.3) is 11.8 Å². The number of carbonyl (C=O) groups excluding carboxylic acids is 1. The number of anilines is 1. The highest BCUT2D eigenvalue weighted by molar-refractivity contribution is 6.06. The number of amides is 1. The zero-order valence-corrected chi connectivity index (χ0v) is 21.3. The average molecular weight is 553 g/mol. The largest absolute Gasteiger partial charge is 0.451 e. The number of hydrogen-bond acceptors (Lipinski definition) is 7. The lowest BCUT2D eigenvalue weighted by Gasteiger charge is -2.37. The number of methoxy groups -OCH3 is 1. The summed E-state index contributed by atoms with van der Waals surface area (Å²) in [5.41, 5.74) is 1.25. The van der Waals surface area contributed by atoms with Gasteiger partial charge in [-0.1, -0.05) is 6.07 Å². The molecule has 1 saturated heterocycles. The summed E-state index contributed by atoms with van der Waals surface area (Å²) in [6, 6.07) is 7.98. The maximum absolute atomic E-state index is 13.8. The van der Waals surface area contributed by atoms with Crippen LogP contribution in [0.25, 0.3) is 10.9 Å².